The highest BCUT2D eigenvalue weighted by Crippen LogP contribution is 2.23. The number of benzene rings is 1. The standard InChI is InChI=1S/C15H22N2OS/c1-17(12-6-5-10-16-11-9-12)15(18)13-7-3-4-8-14(13)19-2/h3-4,7-8,12,16H,5-6,9-11H2,1-2H3. The third-order valence-corrected chi connectivity index (χ3v) is 4.55. The molecule has 2 rings (SSSR count). The van der Waals surface area contributed by atoms with Crippen molar-refractivity contribution in [2.75, 3.05) is 26.4 Å². The molecule has 1 aromatic carbocycles. The van der Waals surface area contributed by atoms with Crippen LogP contribution in [0.3, 0.4) is 0 Å². The van der Waals surface area contributed by atoms with E-state index in [1.165, 1.54) is 0 Å². The summed E-state index contributed by atoms with van der Waals surface area (Å²) in [5, 5.41) is 3.39. The molecule has 1 aromatic rings. The summed E-state index contributed by atoms with van der Waals surface area (Å²) in [6.07, 6.45) is 5.30. The van der Waals surface area contributed by atoms with Gasteiger partial charge < -0.3 is 10.2 Å². The predicted molar refractivity (Wildman–Crippen MR) is 80.8 cm³/mol. The van der Waals surface area contributed by atoms with Gasteiger partial charge in [0.1, 0.15) is 0 Å². The quantitative estimate of drug-likeness (QED) is 0.863. The second kappa shape index (κ2) is 6.96. The Labute approximate surface area is 119 Å². The summed E-state index contributed by atoms with van der Waals surface area (Å²) in [6.45, 7) is 2.08. The minimum atomic E-state index is 0.150. The minimum absolute atomic E-state index is 0.150. The lowest BCUT2D eigenvalue weighted by Crippen LogP contribution is -2.37. The predicted octanol–water partition coefficient (Wildman–Crippen LogP) is 2.62. The summed E-state index contributed by atoms with van der Waals surface area (Å²) in [6, 6.07) is 8.23. The summed E-state index contributed by atoms with van der Waals surface area (Å²) < 4.78 is 0. The zero-order valence-electron chi connectivity index (χ0n) is 11.7. The van der Waals surface area contributed by atoms with Crippen LogP contribution >= 0.6 is 11.8 Å². The Bertz CT molecular complexity index is 428. The monoisotopic (exact) mass is 278 g/mol. The number of hydrogen-bond acceptors (Lipinski definition) is 3. The lowest BCUT2D eigenvalue weighted by atomic mass is 10.1. The molecule has 4 heteroatoms. The van der Waals surface area contributed by atoms with Crippen molar-refractivity contribution in [3.63, 3.8) is 0 Å². The van der Waals surface area contributed by atoms with E-state index in [9.17, 15) is 4.79 Å². The molecular weight excluding hydrogens is 256 g/mol. The third-order valence-electron chi connectivity index (χ3n) is 3.75. The molecule has 1 saturated heterocycles. The fraction of sp³-hybridized carbons (Fsp3) is 0.533. The SMILES string of the molecule is CSc1ccccc1C(=O)N(C)C1CCCNCC1. The normalized spacial score (nSPS) is 19.8. The molecule has 0 radical (unpaired) electrons. The molecule has 1 heterocycles. The number of hydrogen-bond donors (Lipinski definition) is 1. The molecule has 3 nitrogen and oxygen atoms in total. The zero-order valence-corrected chi connectivity index (χ0v) is 12.5. The number of nitrogens with one attached hydrogen (secondary N) is 1. The summed E-state index contributed by atoms with van der Waals surface area (Å²) in [4.78, 5) is 15.6. The average molecular weight is 278 g/mol. The highest BCUT2D eigenvalue weighted by atomic mass is 32.2. The molecular formula is C15H22N2OS. The van der Waals surface area contributed by atoms with Crippen LogP contribution in [0, 0.1) is 0 Å². The number of rotatable bonds is 3. The topological polar surface area (TPSA) is 32.3 Å². The Kier molecular flexibility index (Phi) is 5.28. The van der Waals surface area contributed by atoms with Gasteiger partial charge in [0, 0.05) is 18.0 Å². The first-order chi connectivity index (χ1) is 9.24. The van der Waals surface area contributed by atoms with Crippen LogP contribution in [-0.2, 0) is 0 Å². The van der Waals surface area contributed by atoms with Gasteiger partial charge in [-0.15, -0.1) is 11.8 Å². The van der Waals surface area contributed by atoms with Gasteiger partial charge in [-0.05, 0) is 50.7 Å². The van der Waals surface area contributed by atoms with E-state index in [1.807, 2.05) is 42.5 Å². The fourth-order valence-electron chi connectivity index (χ4n) is 2.57. The molecule has 104 valence electrons. The summed E-state index contributed by atoms with van der Waals surface area (Å²) in [5.41, 5.74) is 0.828. The second-order valence-corrected chi connectivity index (χ2v) is 5.80. The van der Waals surface area contributed by atoms with Crippen molar-refractivity contribution < 1.29 is 4.79 Å². The molecule has 0 spiro atoms. The van der Waals surface area contributed by atoms with Crippen molar-refractivity contribution in [2.45, 2.75) is 30.2 Å². The molecule has 0 saturated carbocycles. The van der Waals surface area contributed by atoms with E-state index in [0.717, 1.165) is 42.8 Å². The van der Waals surface area contributed by atoms with Crippen LogP contribution in [0.15, 0.2) is 29.2 Å². The van der Waals surface area contributed by atoms with Gasteiger partial charge in [0.2, 0.25) is 0 Å². The molecule has 0 bridgehead atoms. The first kappa shape index (κ1) is 14.4. The Balaban J connectivity index is 2.13. The summed E-state index contributed by atoms with van der Waals surface area (Å²) in [5.74, 6) is 0.150. The summed E-state index contributed by atoms with van der Waals surface area (Å²) >= 11 is 1.63. The maximum Gasteiger partial charge on any atom is 0.254 e. The molecule has 0 aromatic heterocycles. The van der Waals surface area contributed by atoms with Gasteiger partial charge in [-0.1, -0.05) is 12.1 Å². The first-order valence-corrected chi connectivity index (χ1v) is 8.07. The van der Waals surface area contributed by atoms with Gasteiger partial charge in [0.25, 0.3) is 5.91 Å². The van der Waals surface area contributed by atoms with Gasteiger partial charge in [0.15, 0.2) is 0 Å². The Morgan fingerprint density at radius 2 is 2.11 bits per heavy atom. The van der Waals surface area contributed by atoms with Crippen molar-refractivity contribution in [1.82, 2.24) is 10.2 Å². The van der Waals surface area contributed by atoms with Crippen molar-refractivity contribution >= 4 is 17.7 Å². The van der Waals surface area contributed by atoms with Gasteiger partial charge >= 0.3 is 0 Å². The van der Waals surface area contributed by atoms with Gasteiger partial charge in [0.05, 0.1) is 5.56 Å². The lowest BCUT2D eigenvalue weighted by molar-refractivity contribution is 0.0717. The molecule has 1 unspecified atom stereocenters. The van der Waals surface area contributed by atoms with Crippen molar-refractivity contribution in [1.29, 1.82) is 0 Å². The lowest BCUT2D eigenvalue weighted by Gasteiger charge is -2.27. The molecule has 19 heavy (non-hydrogen) atoms. The second-order valence-electron chi connectivity index (χ2n) is 4.95. The molecule has 1 atom stereocenters. The Hall–Kier alpha value is -1.00. The number of amides is 1. The van der Waals surface area contributed by atoms with Crippen LogP contribution < -0.4 is 5.32 Å². The average Bonchev–Trinajstić information content (AvgIpc) is 2.74. The molecule has 1 N–H and O–H groups in total. The highest BCUT2D eigenvalue weighted by molar-refractivity contribution is 7.98. The minimum Gasteiger partial charge on any atom is -0.339 e. The van der Waals surface area contributed by atoms with Crippen molar-refractivity contribution in [3.8, 4) is 0 Å². The van der Waals surface area contributed by atoms with Crippen LogP contribution in [0.2, 0.25) is 0 Å². The van der Waals surface area contributed by atoms with E-state index in [4.69, 9.17) is 0 Å². The molecule has 0 aliphatic carbocycles. The Morgan fingerprint density at radius 1 is 1.32 bits per heavy atom. The number of carbonyl (C=O) groups excluding carboxylic acids is 1. The maximum absolute atomic E-state index is 12.6. The van der Waals surface area contributed by atoms with Crippen LogP contribution in [0.25, 0.3) is 0 Å². The number of nitrogens with zero attached hydrogens (tertiary/aromatic N) is 1. The smallest absolute Gasteiger partial charge is 0.254 e. The summed E-state index contributed by atoms with van der Waals surface area (Å²) in [7, 11) is 1.94. The van der Waals surface area contributed by atoms with Crippen LogP contribution in [0.1, 0.15) is 29.6 Å². The van der Waals surface area contributed by atoms with Crippen LogP contribution in [0.4, 0.5) is 0 Å². The van der Waals surface area contributed by atoms with E-state index < -0.39 is 0 Å². The van der Waals surface area contributed by atoms with E-state index in [-0.39, 0.29) is 5.91 Å². The highest BCUT2D eigenvalue weighted by Gasteiger charge is 2.23. The molecule has 1 aliphatic heterocycles. The van der Waals surface area contributed by atoms with Crippen molar-refractivity contribution in [2.24, 2.45) is 0 Å². The van der Waals surface area contributed by atoms with Crippen LogP contribution in [0.5, 0.6) is 0 Å². The van der Waals surface area contributed by atoms with E-state index in [1.54, 1.807) is 11.8 Å². The van der Waals surface area contributed by atoms with E-state index in [0.29, 0.717) is 6.04 Å². The van der Waals surface area contributed by atoms with E-state index >= 15 is 0 Å². The first-order valence-electron chi connectivity index (χ1n) is 6.85. The van der Waals surface area contributed by atoms with Gasteiger partial charge in [-0.3, -0.25) is 4.79 Å². The number of carbonyl (C=O) groups is 1. The van der Waals surface area contributed by atoms with Gasteiger partial charge in [-0.25, -0.2) is 0 Å². The zero-order chi connectivity index (χ0) is 13.7. The van der Waals surface area contributed by atoms with Crippen molar-refractivity contribution in [3.05, 3.63) is 29.8 Å². The largest absolute Gasteiger partial charge is 0.339 e. The van der Waals surface area contributed by atoms with Gasteiger partial charge in [-0.2, -0.15) is 0 Å². The molecule has 1 fully saturated rings. The van der Waals surface area contributed by atoms with E-state index in [2.05, 4.69) is 5.32 Å². The van der Waals surface area contributed by atoms with Crippen LogP contribution in [-0.4, -0.2) is 43.2 Å². The Morgan fingerprint density at radius 3 is 2.89 bits per heavy atom. The fourth-order valence-corrected chi connectivity index (χ4v) is 3.16. The maximum atomic E-state index is 12.6. The third kappa shape index (κ3) is 3.51. The molecule has 1 aliphatic rings. The number of thioether (sulfide) groups is 1. The molecule has 1 amide bonds.